The van der Waals surface area contributed by atoms with Gasteiger partial charge in [0.05, 0.1) is 12.6 Å². The average molecular weight is 225 g/mol. The normalized spacial score (nSPS) is 13.8. The molecule has 90 valence electrons. The quantitative estimate of drug-likeness (QED) is 0.718. The van der Waals surface area contributed by atoms with Crippen LogP contribution < -0.4 is 5.73 Å². The highest BCUT2D eigenvalue weighted by molar-refractivity contribution is 5.68. The van der Waals surface area contributed by atoms with Gasteiger partial charge in [0.1, 0.15) is 0 Å². The smallest absolute Gasteiger partial charge is 0.304 e. The summed E-state index contributed by atoms with van der Waals surface area (Å²) in [5.41, 5.74) is 7.41. The zero-order valence-electron chi connectivity index (χ0n) is 9.95. The second kappa shape index (κ2) is 4.65. The molecule has 0 saturated heterocycles. The molecule has 16 heavy (non-hydrogen) atoms. The van der Waals surface area contributed by atoms with E-state index >= 15 is 0 Å². The number of nitrogens with zero attached hydrogens (tertiary/aromatic N) is 1. The first kappa shape index (κ1) is 12.7. The highest BCUT2D eigenvalue weighted by Crippen LogP contribution is 2.29. The molecule has 1 unspecified atom stereocenters. The van der Waals surface area contributed by atoms with Crippen molar-refractivity contribution in [2.75, 3.05) is 6.54 Å². The summed E-state index contributed by atoms with van der Waals surface area (Å²) in [5, 5.41) is 15.7. The number of hydrogen-bond acceptors (Lipinski definition) is 3. The molecule has 1 aromatic rings. The van der Waals surface area contributed by atoms with E-state index in [0.717, 1.165) is 11.3 Å². The number of nitrogens with two attached hydrogens (primary N) is 1. The van der Waals surface area contributed by atoms with Gasteiger partial charge in [-0.15, -0.1) is 0 Å². The van der Waals surface area contributed by atoms with Gasteiger partial charge in [0.15, 0.2) is 0 Å². The van der Waals surface area contributed by atoms with Crippen molar-refractivity contribution < 1.29 is 9.90 Å². The summed E-state index contributed by atoms with van der Waals surface area (Å²) in [4.78, 5) is 10.7. The van der Waals surface area contributed by atoms with Crippen molar-refractivity contribution >= 4 is 5.97 Å². The predicted octanol–water partition coefficient (Wildman–Crippen LogP) is 1.22. The van der Waals surface area contributed by atoms with Crippen LogP contribution in [0.2, 0.25) is 0 Å². The standard InChI is InChI=1S/C11H19N3O2/c1-11(2,3)10-8(6-13-14-10)7(5-12)4-9(15)16/h6-7H,4-5,12H2,1-3H3,(H,13,14)(H,15,16). The Balaban J connectivity index is 3.02. The van der Waals surface area contributed by atoms with Gasteiger partial charge in [-0.3, -0.25) is 9.89 Å². The lowest BCUT2D eigenvalue weighted by molar-refractivity contribution is -0.137. The first-order valence-electron chi connectivity index (χ1n) is 5.32. The number of carboxylic acid groups (broad SMARTS) is 1. The van der Waals surface area contributed by atoms with E-state index in [-0.39, 0.29) is 17.8 Å². The summed E-state index contributed by atoms with van der Waals surface area (Å²) in [5.74, 6) is -1.01. The molecule has 0 spiro atoms. The molecule has 1 rings (SSSR count). The molecule has 0 aliphatic heterocycles. The fourth-order valence-electron chi connectivity index (χ4n) is 1.74. The fraction of sp³-hybridized carbons (Fsp3) is 0.636. The second-order valence-corrected chi connectivity index (χ2v) is 4.98. The number of aromatic nitrogens is 2. The molecule has 0 aliphatic carbocycles. The van der Waals surface area contributed by atoms with Crippen molar-refractivity contribution in [3.63, 3.8) is 0 Å². The minimum absolute atomic E-state index is 0.0408. The first-order valence-corrected chi connectivity index (χ1v) is 5.32. The Morgan fingerprint density at radius 3 is 2.69 bits per heavy atom. The summed E-state index contributed by atoms with van der Waals surface area (Å²) >= 11 is 0. The average Bonchev–Trinajstić information content (AvgIpc) is 2.61. The summed E-state index contributed by atoms with van der Waals surface area (Å²) in [6.07, 6.45) is 1.72. The van der Waals surface area contributed by atoms with E-state index in [4.69, 9.17) is 10.8 Å². The van der Waals surface area contributed by atoms with Gasteiger partial charge in [-0.05, 0) is 12.1 Å². The highest BCUT2D eigenvalue weighted by Gasteiger charge is 2.25. The highest BCUT2D eigenvalue weighted by atomic mass is 16.4. The first-order chi connectivity index (χ1) is 7.36. The van der Waals surface area contributed by atoms with Crippen molar-refractivity contribution in [1.29, 1.82) is 0 Å². The van der Waals surface area contributed by atoms with Crippen LogP contribution in [0.25, 0.3) is 0 Å². The third-order valence-electron chi connectivity index (χ3n) is 2.56. The van der Waals surface area contributed by atoms with E-state index in [2.05, 4.69) is 31.0 Å². The Bertz CT molecular complexity index is 366. The summed E-state index contributed by atoms with van der Waals surface area (Å²) < 4.78 is 0. The predicted molar refractivity (Wildman–Crippen MR) is 61.3 cm³/mol. The minimum Gasteiger partial charge on any atom is -0.481 e. The largest absolute Gasteiger partial charge is 0.481 e. The van der Waals surface area contributed by atoms with Crippen LogP contribution in [0.1, 0.15) is 44.4 Å². The van der Waals surface area contributed by atoms with Gasteiger partial charge in [0, 0.05) is 17.0 Å². The lowest BCUT2D eigenvalue weighted by atomic mass is 9.84. The van der Waals surface area contributed by atoms with E-state index < -0.39 is 5.97 Å². The molecule has 0 amide bonds. The summed E-state index contributed by atoms with van der Waals surface area (Å²) in [6, 6.07) is 0. The third-order valence-corrected chi connectivity index (χ3v) is 2.56. The number of aromatic amines is 1. The van der Waals surface area contributed by atoms with Crippen molar-refractivity contribution in [3.05, 3.63) is 17.5 Å². The molecule has 1 atom stereocenters. The van der Waals surface area contributed by atoms with Crippen LogP contribution in [-0.2, 0) is 10.2 Å². The Morgan fingerprint density at radius 2 is 2.25 bits per heavy atom. The SMILES string of the molecule is CC(C)(C)c1[nH]ncc1C(CN)CC(=O)O. The van der Waals surface area contributed by atoms with E-state index in [1.807, 2.05) is 0 Å². The van der Waals surface area contributed by atoms with Crippen molar-refractivity contribution in [1.82, 2.24) is 10.2 Å². The maximum Gasteiger partial charge on any atom is 0.304 e. The molecule has 0 bridgehead atoms. The number of carbonyl (C=O) groups is 1. The maximum atomic E-state index is 10.7. The lowest BCUT2D eigenvalue weighted by Gasteiger charge is -2.21. The third kappa shape index (κ3) is 2.82. The van der Waals surface area contributed by atoms with Crippen LogP contribution >= 0.6 is 0 Å². The lowest BCUT2D eigenvalue weighted by Crippen LogP contribution is -2.21. The van der Waals surface area contributed by atoms with Gasteiger partial charge in [-0.25, -0.2) is 0 Å². The Hall–Kier alpha value is -1.36. The number of rotatable bonds is 4. The van der Waals surface area contributed by atoms with E-state index in [0.29, 0.717) is 6.54 Å². The van der Waals surface area contributed by atoms with Crippen LogP contribution in [0.3, 0.4) is 0 Å². The molecule has 1 heterocycles. The molecule has 1 aromatic heterocycles. The van der Waals surface area contributed by atoms with Gasteiger partial charge in [0.25, 0.3) is 0 Å². The zero-order chi connectivity index (χ0) is 12.3. The van der Waals surface area contributed by atoms with Crippen molar-refractivity contribution in [3.8, 4) is 0 Å². The Morgan fingerprint density at radius 1 is 1.62 bits per heavy atom. The monoisotopic (exact) mass is 225 g/mol. The fourth-order valence-corrected chi connectivity index (χ4v) is 1.74. The molecule has 0 radical (unpaired) electrons. The molecule has 0 saturated carbocycles. The molecule has 5 heteroatoms. The Kier molecular flexibility index (Phi) is 3.70. The van der Waals surface area contributed by atoms with Gasteiger partial charge < -0.3 is 10.8 Å². The van der Waals surface area contributed by atoms with Crippen molar-refractivity contribution in [2.45, 2.75) is 38.5 Å². The molecular weight excluding hydrogens is 206 g/mol. The number of aliphatic carboxylic acids is 1. The molecular formula is C11H19N3O2. The van der Waals surface area contributed by atoms with Crippen LogP contribution in [-0.4, -0.2) is 27.8 Å². The maximum absolute atomic E-state index is 10.7. The van der Waals surface area contributed by atoms with E-state index in [9.17, 15) is 4.79 Å². The zero-order valence-corrected chi connectivity index (χ0v) is 9.95. The number of H-pyrrole nitrogens is 1. The summed E-state index contributed by atoms with van der Waals surface area (Å²) in [6.45, 7) is 6.48. The molecule has 5 nitrogen and oxygen atoms in total. The Labute approximate surface area is 95.0 Å². The van der Waals surface area contributed by atoms with Gasteiger partial charge in [-0.1, -0.05) is 20.8 Å². The molecule has 4 N–H and O–H groups in total. The van der Waals surface area contributed by atoms with Crippen molar-refractivity contribution in [2.24, 2.45) is 5.73 Å². The van der Waals surface area contributed by atoms with Crippen LogP contribution in [0.5, 0.6) is 0 Å². The molecule has 0 aromatic carbocycles. The van der Waals surface area contributed by atoms with Crippen LogP contribution in [0.15, 0.2) is 6.20 Å². The van der Waals surface area contributed by atoms with E-state index in [1.54, 1.807) is 6.20 Å². The van der Waals surface area contributed by atoms with E-state index in [1.165, 1.54) is 0 Å². The van der Waals surface area contributed by atoms with Gasteiger partial charge >= 0.3 is 5.97 Å². The van der Waals surface area contributed by atoms with Crippen LogP contribution in [0.4, 0.5) is 0 Å². The number of hydrogen-bond donors (Lipinski definition) is 3. The number of nitrogens with one attached hydrogen (secondary N) is 1. The topological polar surface area (TPSA) is 92.0 Å². The molecule has 0 fully saturated rings. The minimum atomic E-state index is -0.837. The molecule has 0 aliphatic rings. The van der Waals surface area contributed by atoms with Gasteiger partial charge in [-0.2, -0.15) is 5.10 Å². The summed E-state index contributed by atoms with van der Waals surface area (Å²) in [7, 11) is 0. The van der Waals surface area contributed by atoms with Gasteiger partial charge in [0.2, 0.25) is 0 Å². The second-order valence-electron chi connectivity index (χ2n) is 4.98. The number of carboxylic acids is 1. The van der Waals surface area contributed by atoms with Crippen LogP contribution in [0, 0.1) is 0 Å².